The molecule has 1 unspecified atom stereocenters. The Morgan fingerprint density at radius 2 is 0.848 bits per heavy atom. The third kappa shape index (κ3) is 22.1. The van der Waals surface area contributed by atoms with E-state index < -0.39 is 0 Å². The number of amidine groups is 1. The Labute approximate surface area is 294 Å². The van der Waals surface area contributed by atoms with Gasteiger partial charge < -0.3 is 4.90 Å². The van der Waals surface area contributed by atoms with Crippen molar-refractivity contribution in [2.45, 2.75) is 257 Å². The first-order valence-electron chi connectivity index (χ1n) is 21.4. The highest BCUT2D eigenvalue weighted by molar-refractivity contribution is 7.79. The molecule has 0 bridgehead atoms. The molecule has 1 N–H and O–H groups in total. The number of rotatable bonds is 34. The molecule has 0 aromatic carbocycles. The van der Waals surface area contributed by atoms with Crippen LogP contribution in [0.15, 0.2) is 5.10 Å². The summed E-state index contributed by atoms with van der Waals surface area (Å²) >= 11 is 5.30. The van der Waals surface area contributed by atoms with Crippen LogP contribution in [0.4, 0.5) is 0 Å². The fraction of sp³-hybridized carbons (Fsp3) is 0.952. The summed E-state index contributed by atoms with van der Waals surface area (Å²) in [6.45, 7) is 2.31. The van der Waals surface area contributed by atoms with E-state index in [1.165, 1.54) is 237 Å². The quantitative estimate of drug-likeness (QED) is 0.0550. The van der Waals surface area contributed by atoms with Crippen molar-refractivity contribution < 1.29 is 0 Å². The van der Waals surface area contributed by atoms with Gasteiger partial charge in [-0.15, -0.1) is 0 Å². The molecule has 2 rings (SSSR count). The van der Waals surface area contributed by atoms with Crippen molar-refractivity contribution in [2.75, 3.05) is 0 Å². The lowest BCUT2D eigenvalue weighted by Gasteiger charge is -2.36. The third-order valence-electron chi connectivity index (χ3n) is 11.0. The molecule has 0 saturated heterocycles. The summed E-state index contributed by atoms with van der Waals surface area (Å²) in [6.07, 6.45) is 53.1. The van der Waals surface area contributed by atoms with Gasteiger partial charge in [0.25, 0.3) is 0 Å². The van der Waals surface area contributed by atoms with Crippen LogP contribution in [0, 0.1) is 0 Å². The maximum atomic E-state index is 5.30. The molecular formula is C42H81N3S. The minimum absolute atomic E-state index is 0.145. The van der Waals surface area contributed by atoms with E-state index in [-0.39, 0.29) is 6.17 Å². The van der Waals surface area contributed by atoms with Crippen LogP contribution in [0.1, 0.15) is 244 Å². The number of nitrogens with one attached hydrogen (secondary N) is 1. The van der Waals surface area contributed by atoms with Crippen molar-refractivity contribution in [1.29, 1.82) is 0 Å². The third-order valence-corrected chi connectivity index (χ3v) is 11.3. The molecule has 0 aromatic rings. The van der Waals surface area contributed by atoms with Gasteiger partial charge in [0.2, 0.25) is 0 Å². The van der Waals surface area contributed by atoms with Crippen LogP contribution in [-0.2, 0) is 0 Å². The number of hydrazone groups is 1. The van der Waals surface area contributed by atoms with Crippen molar-refractivity contribution in [3.63, 3.8) is 0 Å². The van der Waals surface area contributed by atoms with E-state index in [1.807, 2.05) is 5.37 Å². The first-order chi connectivity index (χ1) is 22.9. The van der Waals surface area contributed by atoms with Crippen LogP contribution in [0.3, 0.4) is 0 Å². The van der Waals surface area contributed by atoms with E-state index in [1.54, 1.807) is 0 Å². The maximum absolute atomic E-state index is 5.30. The number of nitrogens with zero attached hydrogens (tertiary/aromatic N) is 2. The Kier molecular flexibility index (Phi) is 28.5. The number of unbranched alkanes of at least 4 members (excludes halogenated alkanes) is 30. The smallest absolute Gasteiger partial charge is 0.146 e. The van der Waals surface area contributed by atoms with E-state index in [9.17, 15) is 0 Å². The van der Waals surface area contributed by atoms with Crippen molar-refractivity contribution in [2.24, 2.45) is 5.10 Å². The zero-order chi connectivity index (χ0) is 32.6. The van der Waals surface area contributed by atoms with E-state index in [0.29, 0.717) is 6.04 Å². The Morgan fingerprint density at radius 3 is 1.17 bits per heavy atom. The molecule has 2 aliphatic rings. The predicted molar refractivity (Wildman–Crippen MR) is 210 cm³/mol. The van der Waals surface area contributed by atoms with Crippen molar-refractivity contribution >= 4 is 23.4 Å². The second-order valence-electron chi connectivity index (χ2n) is 15.3. The predicted octanol–water partition coefficient (Wildman–Crippen LogP) is 14.4. The molecular weight excluding hydrogens is 579 g/mol. The minimum atomic E-state index is 0.145. The standard InChI is InChI=1S/C42H81N3S/c1-2-3-4-5-6-7-8-9-10-11-12-13-14-15-16-17-18-19-20-21-22-23-24-25-26-27-28-29-30-31-35-38-41-43-44-42(39-46)45(41)40-36-33-32-34-37-40/h39-40,42,44H,2-38H2,1H3. The number of hydrogen-bond acceptors (Lipinski definition) is 4. The molecule has 1 fully saturated rings. The first-order valence-corrected chi connectivity index (χ1v) is 21.9. The highest BCUT2D eigenvalue weighted by Gasteiger charge is 2.32. The summed E-state index contributed by atoms with van der Waals surface area (Å²) in [7, 11) is 0. The molecule has 1 aliphatic heterocycles. The van der Waals surface area contributed by atoms with Crippen LogP contribution in [0.2, 0.25) is 0 Å². The van der Waals surface area contributed by atoms with Crippen LogP contribution >= 0.6 is 12.2 Å². The van der Waals surface area contributed by atoms with Gasteiger partial charge in [-0.05, 0) is 19.3 Å². The van der Waals surface area contributed by atoms with Crippen molar-refractivity contribution in [1.82, 2.24) is 10.3 Å². The Morgan fingerprint density at radius 1 is 0.522 bits per heavy atom. The summed E-state index contributed by atoms with van der Waals surface area (Å²) in [6, 6.07) is 0.644. The SMILES string of the molecule is CCCCCCCCCCCCCCCCCCCCCCCCCCCCCCCCCC1=NNC(C=S)N1C1CCCCC1. The summed E-state index contributed by atoms with van der Waals surface area (Å²) in [5.74, 6) is 1.27. The molecule has 270 valence electrons. The largest absolute Gasteiger partial charge is 0.330 e. The molecule has 0 aromatic heterocycles. The molecule has 1 aliphatic carbocycles. The highest BCUT2D eigenvalue weighted by atomic mass is 32.1. The van der Waals surface area contributed by atoms with Gasteiger partial charge in [0.05, 0.1) is 0 Å². The molecule has 1 saturated carbocycles. The lowest BCUT2D eigenvalue weighted by atomic mass is 9.93. The molecule has 46 heavy (non-hydrogen) atoms. The van der Waals surface area contributed by atoms with Gasteiger partial charge in [0, 0.05) is 17.8 Å². The van der Waals surface area contributed by atoms with Crippen LogP contribution < -0.4 is 5.43 Å². The van der Waals surface area contributed by atoms with E-state index >= 15 is 0 Å². The van der Waals surface area contributed by atoms with Crippen molar-refractivity contribution in [3.05, 3.63) is 0 Å². The minimum Gasteiger partial charge on any atom is -0.330 e. The van der Waals surface area contributed by atoms with Gasteiger partial charge >= 0.3 is 0 Å². The highest BCUT2D eigenvalue weighted by Crippen LogP contribution is 2.27. The van der Waals surface area contributed by atoms with Gasteiger partial charge in [-0.2, -0.15) is 5.10 Å². The van der Waals surface area contributed by atoms with Crippen LogP contribution in [0.5, 0.6) is 0 Å². The topological polar surface area (TPSA) is 27.6 Å². The second kappa shape index (κ2) is 31.6. The van der Waals surface area contributed by atoms with Gasteiger partial charge in [-0.3, -0.25) is 5.43 Å². The zero-order valence-electron chi connectivity index (χ0n) is 31.2. The summed E-state index contributed by atoms with van der Waals surface area (Å²) in [5.41, 5.74) is 3.28. The van der Waals surface area contributed by atoms with Gasteiger partial charge in [-0.25, -0.2) is 0 Å². The fourth-order valence-electron chi connectivity index (χ4n) is 7.98. The maximum Gasteiger partial charge on any atom is 0.146 e. The molecule has 0 spiro atoms. The molecule has 0 radical (unpaired) electrons. The van der Waals surface area contributed by atoms with E-state index in [0.717, 1.165) is 6.42 Å². The lowest BCUT2D eigenvalue weighted by Crippen LogP contribution is -2.48. The molecule has 1 heterocycles. The second-order valence-corrected chi connectivity index (χ2v) is 15.6. The normalized spacial score (nSPS) is 17.0. The summed E-state index contributed by atoms with van der Waals surface area (Å²) < 4.78 is 0. The molecule has 3 nitrogen and oxygen atoms in total. The monoisotopic (exact) mass is 660 g/mol. The molecule has 4 heteroatoms. The average Bonchev–Trinajstić information content (AvgIpc) is 3.50. The van der Waals surface area contributed by atoms with Gasteiger partial charge in [-0.1, -0.05) is 231 Å². The number of thiocarbonyl (C=S) groups is 1. The Balaban J connectivity index is 1.21. The molecule has 1 atom stereocenters. The van der Waals surface area contributed by atoms with Crippen LogP contribution in [-0.4, -0.2) is 28.3 Å². The average molecular weight is 660 g/mol. The van der Waals surface area contributed by atoms with Gasteiger partial charge in [0.15, 0.2) is 0 Å². The molecule has 0 amide bonds. The van der Waals surface area contributed by atoms with E-state index in [2.05, 4.69) is 22.4 Å². The summed E-state index contributed by atoms with van der Waals surface area (Å²) in [4.78, 5) is 2.52. The van der Waals surface area contributed by atoms with Crippen molar-refractivity contribution in [3.8, 4) is 0 Å². The lowest BCUT2D eigenvalue weighted by molar-refractivity contribution is 0.223. The van der Waals surface area contributed by atoms with Gasteiger partial charge in [0.1, 0.15) is 12.0 Å². The summed E-state index contributed by atoms with van der Waals surface area (Å²) in [5, 5.41) is 6.55. The Hall–Kier alpha value is -0.640. The Bertz CT molecular complexity index is 688. The number of hydrogen-bond donors (Lipinski definition) is 1. The van der Waals surface area contributed by atoms with Crippen LogP contribution in [0.25, 0.3) is 0 Å². The zero-order valence-corrected chi connectivity index (χ0v) is 32.0. The first kappa shape index (κ1) is 41.5. The fourth-order valence-corrected chi connectivity index (χ4v) is 8.17. The van der Waals surface area contributed by atoms with E-state index in [4.69, 9.17) is 12.2 Å².